The first kappa shape index (κ1) is 24.0. The van der Waals surface area contributed by atoms with E-state index in [1.165, 1.54) is 0 Å². The lowest BCUT2D eigenvalue weighted by Gasteiger charge is -2.24. The molecule has 0 spiro atoms. The van der Waals surface area contributed by atoms with Crippen molar-refractivity contribution in [3.05, 3.63) is 66.4 Å². The van der Waals surface area contributed by atoms with Crippen molar-refractivity contribution in [3.63, 3.8) is 0 Å². The van der Waals surface area contributed by atoms with Crippen molar-refractivity contribution >= 4 is 20.8 Å². The van der Waals surface area contributed by atoms with E-state index < -0.39 is 14.8 Å². The fraction of sp³-hybridized carbons (Fsp3) is 0.350. The molecule has 0 aliphatic heterocycles. The van der Waals surface area contributed by atoms with Crippen LogP contribution in [0.25, 0.3) is 6.08 Å². The molecule has 0 aliphatic rings. The number of carboxylic acids is 1. The second kappa shape index (κ2) is 14.2. The summed E-state index contributed by atoms with van der Waals surface area (Å²) in [7, 11) is -2.51. The highest BCUT2D eigenvalue weighted by Gasteiger charge is 2.36. The van der Waals surface area contributed by atoms with E-state index in [0.29, 0.717) is 26.2 Å². The van der Waals surface area contributed by atoms with Crippen LogP contribution in [0.15, 0.2) is 60.8 Å². The summed E-state index contributed by atoms with van der Waals surface area (Å²) in [6, 6.07) is 9.73. The minimum absolute atomic E-state index is 0.206. The molecule has 6 heteroatoms. The summed E-state index contributed by atoms with van der Waals surface area (Å²) in [5.74, 6) is -0.942. The zero-order valence-corrected chi connectivity index (χ0v) is 16.9. The van der Waals surface area contributed by atoms with Crippen LogP contribution in [-0.2, 0) is 18.1 Å². The Labute approximate surface area is 158 Å². The van der Waals surface area contributed by atoms with Gasteiger partial charge in [0.2, 0.25) is 0 Å². The highest BCUT2D eigenvalue weighted by molar-refractivity contribution is 6.66. The SMILES string of the molecule is C=C(CC=Cc1ccccc1)C(=O)O.C=C[Si](OCC)(OCC)OCC. The predicted molar refractivity (Wildman–Crippen MR) is 108 cm³/mol. The van der Waals surface area contributed by atoms with Gasteiger partial charge in [0, 0.05) is 25.4 Å². The molecular weight excluding hydrogens is 348 g/mol. The van der Waals surface area contributed by atoms with Crippen LogP contribution < -0.4 is 0 Å². The van der Waals surface area contributed by atoms with Crippen molar-refractivity contribution in [2.24, 2.45) is 0 Å². The number of carbonyl (C=O) groups is 1. The minimum Gasteiger partial charge on any atom is -0.478 e. The van der Waals surface area contributed by atoms with E-state index in [4.69, 9.17) is 18.4 Å². The first-order valence-corrected chi connectivity index (χ1v) is 10.4. The third-order valence-corrected chi connectivity index (χ3v) is 5.64. The number of benzene rings is 1. The van der Waals surface area contributed by atoms with Crippen LogP contribution in [0.4, 0.5) is 0 Å². The summed E-state index contributed by atoms with van der Waals surface area (Å²) < 4.78 is 16.3. The predicted octanol–water partition coefficient (Wildman–Crippen LogP) is 4.49. The molecule has 0 amide bonds. The molecule has 0 aromatic heterocycles. The van der Waals surface area contributed by atoms with Crippen molar-refractivity contribution in [3.8, 4) is 0 Å². The van der Waals surface area contributed by atoms with E-state index in [1.54, 1.807) is 11.8 Å². The summed E-state index contributed by atoms with van der Waals surface area (Å²) in [6.45, 7) is 14.7. The topological polar surface area (TPSA) is 65.0 Å². The van der Waals surface area contributed by atoms with Gasteiger partial charge in [-0.05, 0) is 38.5 Å². The van der Waals surface area contributed by atoms with Gasteiger partial charge in [0.25, 0.3) is 0 Å². The second-order valence-corrected chi connectivity index (χ2v) is 7.51. The minimum atomic E-state index is -2.51. The lowest BCUT2D eigenvalue weighted by molar-refractivity contribution is -0.132. The van der Waals surface area contributed by atoms with Crippen molar-refractivity contribution in [1.82, 2.24) is 0 Å². The molecule has 1 N–H and O–H groups in total. The Morgan fingerprint density at radius 2 is 1.58 bits per heavy atom. The maximum atomic E-state index is 10.4. The molecule has 26 heavy (non-hydrogen) atoms. The molecule has 0 heterocycles. The van der Waals surface area contributed by atoms with Gasteiger partial charge in [0.1, 0.15) is 0 Å². The molecular formula is C20H30O5Si. The van der Waals surface area contributed by atoms with E-state index in [-0.39, 0.29) is 5.57 Å². The first-order chi connectivity index (χ1) is 12.4. The maximum Gasteiger partial charge on any atom is 0.528 e. The van der Waals surface area contributed by atoms with Gasteiger partial charge in [-0.1, -0.05) is 55.6 Å². The van der Waals surface area contributed by atoms with Gasteiger partial charge in [0.05, 0.1) is 0 Å². The molecule has 144 valence electrons. The Kier molecular flexibility index (Phi) is 13.1. The maximum absolute atomic E-state index is 10.4. The van der Waals surface area contributed by atoms with Crippen LogP contribution in [-0.4, -0.2) is 39.7 Å². The third-order valence-electron chi connectivity index (χ3n) is 3.06. The molecule has 0 unspecified atom stereocenters. The third kappa shape index (κ3) is 10.1. The summed E-state index contributed by atoms with van der Waals surface area (Å²) >= 11 is 0. The van der Waals surface area contributed by atoms with Crippen molar-refractivity contribution in [2.45, 2.75) is 27.2 Å². The van der Waals surface area contributed by atoms with Crippen LogP contribution >= 0.6 is 0 Å². The van der Waals surface area contributed by atoms with E-state index in [1.807, 2.05) is 57.2 Å². The van der Waals surface area contributed by atoms with Crippen LogP contribution in [0, 0.1) is 0 Å². The average Bonchev–Trinajstić information content (AvgIpc) is 2.63. The molecule has 1 rings (SSSR count). The quantitative estimate of drug-likeness (QED) is 0.454. The molecule has 0 fully saturated rings. The zero-order chi connectivity index (χ0) is 19.8. The summed E-state index contributed by atoms with van der Waals surface area (Å²) in [4.78, 5) is 10.4. The lowest BCUT2D eigenvalue weighted by atomic mass is 10.1. The number of hydrogen-bond donors (Lipinski definition) is 1. The van der Waals surface area contributed by atoms with Crippen molar-refractivity contribution in [1.29, 1.82) is 0 Å². The molecule has 0 aliphatic carbocycles. The largest absolute Gasteiger partial charge is 0.528 e. The average molecular weight is 379 g/mol. The fourth-order valence-electron chi connectivity index (χ4n) is 1.89. The number of allylic oxidation sites excluding steroid dienone is 1. The van der Waals surface area contributed by atoms with Gasteiger partial charge in [-0.3, -0.25) is 0 Å². The zero-order valence-electron chi connectivity index (χ0n) is 15.9. The highest BCUT2D eigenvalue weighted by Crippen LogP contribution is 2.10. The van der Waals surface area contributed by atoms with Gasteiger partial charge >= 0.3 is 14.8 Å². The van der Waals surface area contributed by atoms with E-state index in [2.05, 4.69) is 13.2 Å². The first-order valence-electron chi connectivity index (χ1n) is 8.62. The van der Waals surface area contributed by atoms with Gasteiger partial charge in [0.15, 0.2) is 0 Å². The van der Waals surface area contributed by atoms with Gasteiger partial charge in [-0.15, -0.1) is 0 Å². The van der Waals surface area contributed by atoms with E-state index in [0.717, 1.165) is 5.56 Å². The fourth-order valence-corrected chi connectivity index (χ4v) is 3.70. The molecule has 0 radical (unpaired) electrons. The van der Waals surface area contributed by atoms with E-state index >= 15 is 0 Å². The smallest absolute Gasteiger partial charge is 0.478 e. The van der Waals surface area contributed by atoms with Gasteiger partial charge in [-0.2, -0.15) is 0 Å². The Hall–Kier alpha value is -1.99. The summed E-state index contributed by atoms with van der Waals surface area (Å²) in [5, 5.41) is 8.55. The normalized spacial score (nSPS) is 10.9. The molecule has 0 atom stereocenters. The summed E-state index contributed by atoms with van der Waals surface area (Å²) in [5.41, 5.74) is 2.94. The Morgan fingerprint density at radius 3 is 1.96 bits per heavy atom. The highest BCUT2D eigenvalue weighted by atomic mass is 28.4. The van der Waals surface area contributed by atoms with Crippen LogP contribution in [0.1, 0.15) is 32.8 Å². The summed E-state index contributed by atoms with van der Waals surface area (Å²) in [6.07, 6.45) is 4.06. The number of rotatable bonds is 11. The number of hydrogen-bond acceptors (Lipinski definition) is 4. The lowest BCUT2D eigenvalue weighted by Crippen LogP contribution is -2.44. The molecule has 0 saturated heterocycles. The van der Waals surface area contributed by atoms with Crippen LogP contribution in [0.2, 0.25) is 0 Å². The van der Waals surface area contributed by atoms with Crippen LogP contribution in [0.3, 0.4) is 0 Å². The van der Waals surface area contributed by atoms with Gasteiger partial charge in [-0.25, -0.2) is 4.79 Å². The molecule has 1 aromatic carbocycles. The molecule has 0 bridgehead atoms. The van der Waals surface area contributed by atoms with Crippen LogP contribution in [0.5, 0.6) is 0 Å². The van der Waals surface area contributed by atoms with E-state index in [9.17, 15) is 4.79 Å². The Balaban J connectivity index is 0.000000488. The Bertz CT molecular complexity index is 552. The number of carboxylic acid groups (broad SMARTS) is 1. The monoisotopic (exact) mass is 378 g/mol. The Morgan fingerprint density at radius 1 is 1.08 bits per heavy atom. The number of aliphatic carboxylic acids is 1. The molecule has 0 saturated carbocycles. The van der Waals surface area contributed by atoms with Crippen molar-refractivity contribution < 1.29 is 23.2 Å². The van der Waals surface area contributed by atoms with Gasteiger partial charge < -0.3 is 18.4 Å². The molecule has 5 nitrogen and oxygen atoms in total. The second-order valence-electron chi connectivity index (χ2n) is 5.03. The standard InChI is InChI=1S/C12H12O2.C8H18O3Si/c1-10(12(13)14)6-5-9-11-7-3-2-4-8-11;1-5-9-12(8-4,10-6-2)11-7-3/h2-5,7-9H,1,6H2,(H,13,14);8H,4-7H2,1-3H3. The molecule has 1 aromatic rings. The van der Waals surface area contributed by atoms with Crippen molar-refractivity contribution in [2.75, 3.05) is 19.8 Å².